The first-order valence-corrected chi connectivity index (χ1v) is 5.38. The Morgan fingerprint density at radius 1 is 1.30 bits per heavy atom. The Morgan fingerprint density at radius 3 is 2.40 bits per heavy atom. The van der Waals surface area contributed by atoms with Gasteiger partial charge in [0.25, 0.3) is 0 Å². The van der Waals surface area contributed by atoms with Crippen LogP contribution in [0.5, 0.6) is 0 Å². The van der Waals surface area contributed by atoms with E-state index in [1.807, 2.05) is 31.2 Å². The summed E-state index contributed by atoms with van der Waals surface area (Å²) in [4.78, 5) is 1.07. The zero-order valence-electron chi connectivity index (χ0n) is 5.63. The Balaban J connectivity index is 2.78. The molecule has 0 fully saturated rings. The van der Waals surface area contributed by atoms with E-state index in [4.69, 9.17) is 0 Å². The second kappa shape index (κ2) is 3.75. The van der Waals surface area contributed by atoms with E-state index in [9.17, 15) is 4.57 Å². The number of rotatable bonds is 2. The van der Waals surface area contributed by atoms with Gasteiger partial charge in [0.2, 0.25) is 0 Å². The second-order valence-corrected chi connectivity index (χ2v) is 3.95. The summed E-state index contributed by atoms with van der Waals surface area (Å²) in [6.07, 6.45) is 0. The van der Waals surface area contributed by atoms with Crippen molar-refractivity contribution in [1.29, 1.82) is 0 Å². The topological polar surface area (TPSA) is 17.1 Å². The monoisotopic (exact) mass is 171 g/mol. The van der Waals surface area contributed by atoms with Crippen molar-refractivity contribution < 1.29 is 4.57 Å². The predicted molar refractivity (Wildman–Crippen MR) is 46.0 cm³/mol. The number of aryl methyl sites for hydroxylation is 1. The van der Waals surface area contributed by atoms with Gasteiger partial charge in [-0.15, -0.1) is 0 Å². The third kappa shape index (κ3) is 2.13. The van der Waals surface area contributed by atoms with Crippen LogP contribution < -0.4 is 0 Å². The summed E-state index contributed by atoms with van der Waals surface area (Å²) < 4.78 is 10.2. The van der Waals surface area contributed by atoms with Gasteiger partial charge in [0.05, 0.1) is 0 Å². The highest BCUT2D eigenvalue weighted by Gasteiger charge is 1.88. The summed E-state index contributed by atoms with van der Waals surface area (Å²) >= 11 is 1.36. The molecule has 0 aliphatic carbocycles. The SMILES string of the molecule is Cc1ccc(S[PH]=O)cc1. The van der Waals surface area contributed by atoms with Crippen molar-refractivity contribution >= 4 is 19.0 Å². The Labute approximate surface area is 65.8 Å². The highest BCUT2D eigenvalue weighted by molar-refractivity contribution is 8.45. The fourth-order valence-electron chi connectivity index (χ4n) is 0.654. The molecule has 1 nitrogen and oxygen atoms in total. The summed E-state index contributed by atoms with van der Waals surface area (Å²) in [6.45, 7) is 2.04. The van der Waals surface area contributed by atoms with E-state index < -0.39 is 0 Å². The van der Waals surface area contributed by atoms with E-state index in [-0.39, 0.29) is 7.66 Å². The highest BCUT2D eigenvalue weighted by atomic mass is 32.7. The lowest BCUT2D eigenvalue weighted by atomic mass is 10.2. The first-order valence-electron chi connectivity index (χ1n) is 2.93. The molecule has 0 aliphatic rings. The highest BCUT2D eigenvalue weighted by Crippen LogP contribution is 2.28. The average Bonchev–Trinajstić information content (AvgIpc) is 1.95. The fraction of sp³-hybridized carbons (Fsp3) is 0.143. The van der Waals surface area contributed by atoms with Gasteiger partial charge in [0.15, 0.2) is 0 Å². The molecule has 3 heteroatoms. The van der Waals surface area contributed by atoms with Gasteiger partial charge in [-0.3, -0.25) is 4.57 Å². The minimum absolute atomic E-state index is 0.301. The van der Waals surface area contributed by atoms with Gasteiger partial charge in [-0.2, -0.15) is 0 Å². The molecule has 0 bridgehead atoms. The average molecular weight is 171 g/mol. The lowest BCUT2D eigenvalue weighted by molar-refractivity contribution is 0.605. The van der Waals surface area contributed by atoms with Crippen LogP contribution in [0, 0.1) is 6.92 Å². The van der Waals surface area contributed by atoms with E-state index in [0.29, 0.717) is 0 Å². The Bertz CT molecular complexity index is 220. The number of hydrogen-bond donors (Lipinski definition) is 0. The number of benzene rings is 1. The molecule has 1 aromatic rings. The lowest BCUT2D eigenvalue weighted by Gasteiger charge is -1.93. The molecule has 0 heterocycles. The van der Waals surface area contributed by atoms with Crippen LogP contribution in [0.3, 0.4) is 0 Å². The minimum atomic E-state index is -0.301. The van der Waals surface area contributed by atoms with E-state index in [2.05, 4.69) is 0 Å². The first kappa shape index (κ1) is 7.77. The van der Waals surface area contributed by atoms with Crippen molar-refractivity contribution in [2.45, 2.75) is 11.8 Å². The molecule has 0 saturated carbocycles. The smallest absolute Gasteiger partial charge is 0.123 e. The van der Waals surface area contributed by atoms with E-state index in [1.165, 1.54) is 16.9 Å². The van der Waals surface area contributed by atoms with Gasteiger partial charge in [-0.05, 0) is 30.4 Å². The Kier molecular flexibility index (Phi) is 2.91. The van der Waals surface area contributed by atoms with Crippen molar-refractivity contribution in [2.24, 2.45) is 0 Å². The molecular weight excluding hydrogens is 163 g/mol. The Morgan fingerprint density at radius 2 is 1.90 bits per heavy atom. The number of hydrogen-bond acceptors (Lipinski definition) is 2. The molecule has 0 amide bonds. The Hall–Kier alpha value is -0.330. The summed E-state index contributed by atoms with van der Waals surface area (Å²) in [6, 6.07) is 7.99. The summed E-state index contributed by atoms with van der Waals surface area (Å²) in [7, 11) is -0.301. The lowest BCUT2D eigenvalue weighted by Crippen LogP contribution is -1.68. The van der Waals surface area contributed by atoms with Gasteiger partial charge in [0, 0.05) is 4.90 Å². The van der Waals surface area contributed by atoms with Gasteiger partial charge in [-0.1, -0.05) is 17.7 Å². The van der Waals surface area contributed by atoms with Crippen LogP contribution in [0.2, 0.25) is 0 Å². The molecule has 0 saturated heterocycles. The van der Waals surface area contributed by atoms with Crippen molar-refractivity contribution in [3.8, 4) is 0 Å². The van der Waals surface area contributed by atoms with E-state index in [0.717, 1.165) is 4.90 Å². The first-order chi connectivity index (χ1) is 4.83. The molecule has 0 spiro atoms. The van der Waals surface area contributed by atoms with Crippen molar-refractivity contribution in [1.82, 2.24) is 0 Å². The maximum Gasteiger partial charge on any atom is 0.123 e. The molecule has 1 atom stereocenters. The summed E-state index contributed by atoms with van der Waals surface area (Å²) in [5.41, 5.74) is 1.23. The van der Waals surface area contributed by atoms with Crippen LogP contribution in [0.1, 0.15) is 5.56 Å². The molecule has 1 aromatic carbocycles. The van der Waals surface area contributed by atoms with Gasteiger partial charge >= 0.3 is 0 Å². The zero-order valence-corrected chi connectivity index (χ0v) is 7.44. The van der Waals surface area contributed by atoms with Crippen molar-refractivity contribution in [3.05, 3.63) is 29.8 Å². The van der Waals surface area contributed by atoms with Crippen LogP contribution in [0.4, 0.5) is 0 Å². The molecule has 1 unspecified atom stereocenters. The largest absolute Gasteiger partial charge is 0.278 e. The van der Waals surface area contributed by atoms with Gasteiger partial charge < -0.3 is 0 Å². The summed E-state index contributed by atoms with van der Waals surface area (Å²) in [5.74, 6) is 0. The third-order valence-corrected chi connectivity index (χ3v) is 2.73. The summed E-state index contributed by atoms with van der Waals surface area (Å²) in [5, 5.41) is 0. The molecule has 10 heavy (non-hydrogen) atoms. The fourth-order valence-corrected chi connectivity index (χ4v) is 1.72. The maximum atomic E-state index is 10.2. The van der Waals surface area contributed by atoms with Crippen LogP contribution >= 0.6 is 19.0 Å². The standard InChI is InChI=1S/C7H8OPS/c1-6-2-4-7(5-3-6)10-9-8/h2-5,9H,1H3. The normalized spacial score (nSPS) is 10.1. The van der Waals surface area contributed by atoms with Crippen LogP contribution in [0.15, 0.2) is 29.2 Å². The van der Waals surface area contributed by atoms with Crippen LogP contribution in [-0.2, 0) is 4.57 Å². The minimum Gasteiger partial charge on any atom is -0.278 e. The van der Waals surface area contributed by atoms with Gasteiger partial charge in [-0.25, -0.2) is 0 Å². The predicted octanol–water partition coefficient (Wildman–Crippen LogP) is 3.03. The van der Waals surface area contributed by atoms with E-state index >= 15 is 0 Å². The van der Waals surface area contributed by atoms with E-state index in [1.54, 1.807) is 0 Å². The van der Waals surface area contributed by atoms with Crippen molar-refractivity contribution in [3.63, 3.8) is 0 Å². The molecular formula is C7H8OPS. The molecule has 0 aromatic heterocycles. The zero-order chi connectivity index (χ0) is 7.40. The van der Waals surface area contributed by atoms with Gasteiger partial charge in [0.1, 0.15) is 7.66 Å². The molecule has 1 radical (unpaired) electrons. The maximum absolute atomic E-state index is 10.2. The molecule has 53 valence electrons. The van der Waals surface area contributed by atoms with Crippen molar-refractivity contribution in [2.75, 3.05) is 0 Å². The molecule has 0 N–H and O–H groups in total. The quantitative estimate of drug-likeness (QED) is 0.636. The third-order valence-electron chi connectivity index (χ3n) is 1.18. The molecule has 1 rings (SSSR count). The van der Waals surface area contributed by atoms with Crippen LogP contribution in [0.25, 0.3) is 0 Å². The van der Waals surface area contributed by atoms with Crippen LogP contribution in [-0.4, -0.2) is 0 Å². The molecule has 0 aliphatic heterocycles. The second-order valence-electron chi connectivity index (χ2n) is 2.00.